The lowest BCUT2D eigenvalue weighted by molar-refractivity contribution is -0.137. The van der Waals surface area contributed by atoms with E-state index in [4.69, 9.17) is 4.84 Å². The van der Waals surface area contributed by atoms with Gasteiger partial charge in [0.2, 0.25) is 0 Å². The van der Waals surface area contributed by atoms with E-state index in [1.807, 2.05) is 0 Å². The molecule has 2 aromatic rings. The number of aldehydes is 1. The molecule has 1 N–H and O–H groups in total. The minimum absolute atomic E-state index is 0.133. The van der Waals surface area contributed by atoms with Crippen LogP contribution in [0.2, 0.25) is 0 Å². The second-order valence-corrected chi connectivity index (χ2v) is 6.28. The molecule has 0 aromatic heterocycles. The number of carbonyl (C=O) groups excluding carboxylic acids is 1. The van der Waals surface area contributed by atoms with E-state index in [0.29, 0.717) is 24.0 Å². The number of hydrogen-bond acceptors (Lipinski definition) is 4. The number of carbonyl (C=O) groups is 1. The van der Waals surface area contributed by atoms with Gasteiger partial charge in [-0.2, -0.15) is 13.2 Å². The summed E-state index contributed by atoms with van der Waals surface area (Å²) in [6, 6.07) is 10.6. The molecule has 0 radical (unpaired) electrons. The fraction of sp³-hybridized carbons (Fsp3) is 0.190. The molecule has 146 valence electrons. The molecule has 1 unspecified atom stereocenters. The van der Waals surface area contributed by atoms with Gasteiger partial charge in [0.25, 0.3) is 0 Å². The summed E-state index contributed by atoms with van der Waals surface area (Å²) >= 11 is 0. The first-order valence-corrected chi connectivity index (χ1v) is 8.56. The quantitative estimate of drug-likeness (QED) is 0.594. The molecule has 1 atom stereocenters. The predicted octanol–water partition coefficient (Wildman–Crippen LogP) is 4.71. The highest BCUT2D eigenvalue weighted by Gasteiger charge is 2.35. The van der Waals surface area contributed by atoms with E-state index in [2.05, 4.69) is 0 Å². The normalized spacial score (nSPS) is 17.9. The van der Waals surface area contributed by atoms with Gasteiger partial charge in [0.15, 0.2) is 12.0 Å². The Hall–Kier alpha value is -3.06. The number of phenols is 1. The third-order valence-electron chi connectivity index (χ3n) is 4.35. The smallest absolute Gasteiger partial charge is 0.416 e. The molecule has 7 heteroatoms. The summed E-state index contributed by atoms with van der Waals surface area (Å²) in [5.41, 5.74) is 0.786. The monoisotopic (exact) mass is 389 g/mol. The first-order chi connectivity index (χ1) is 13.3. The molecular formula is C21H18F3NO3. The van der Waals surface area contributed by atoms with E-state index >= 15 is 0 Å². The number of phenolic OH excluding ortho intramolecular Hbond substituents is 1. The van der Waals surface area contributed by atoms with E-state index < -0.39 is 17.8 Å². The molecule has 1 aliphatic heterocycles. The van der Waals surface area contributed by atoms with Crippen molar-refractivity contribution in [1.29, 1.82) is 0 Å². The van der Waals surface area contributed by atoms with E-state index in [-0.39, 0.29) is 11.5 Å². The second-order valence-electron chi connectivity index (χ2n) is 6.28. The summed E-state index contributed by atoms with van der Waals surface area (Å²) in [7, 11) is 0. The number of nitrogens with zero attached hydrogens (tertiary/aromatic N) is 1. The van der Waals surface area contributed by atoms with Gasteiger partial charge >= 0.3 is 6.18 Å². The fourth-order valence-electron chi connectivity index (χ4n) is 2.96. The van der Waals surface area contributed by atoms with Crippen LogP contribution < -0.4 is 0 Å². The van der Waals surface area contributed by atoms with Gasteiger partial charge in [-0.15, -0.1) is 5.06 Å². The highest BCUT2D eigenvalue weighted by Crippen LogP contribution is 2.36. The van der Waals surface area contributed by atoms with Crippen LogP contribution in [0.1, 0.15) is 23.6 Å². The minimum atomic E-state index is -4.44. The Morgan fingerprint density at radius 3 is 2.29 bits per heavy atom. The Morgan fingerprint density at radius 2 is 1.75 bits per heavy atom. The molecule has 4 nitrogen and oxygen atoms in total. The molecule has 0 saturated heterocycles. The number of alkyl halides is 3. The number of benzene rings is 2. The van der Waals surface area contributed by atoms with Crippen molar-refractivity contribution in [2.75, 3.05) is 0 Å². The number of aromatic hydroxyl groups is 1. The maximum atomic E-state index is 12.8. The van der Waals surface area contributed by atoms with Crippen LogP contribution in [0.5, 0.6) is 5.75 Å². The summed E-state index contributed by atoms with van der Waals surface area (Å²) in [5.74, 6) is 0.360. The van der Waals surface area contributed by atoms with Crippen LogP contribution in [0.4, 0.5) is 13.2 Å². The molecule has 2 aromatic carbocycles. The minimum Gasteiger partial charge on any atom is -0.508 e. The van der Waals surface area contributed by atoms with Crippen LogP contribution >= 0.6 is 0 Å². The van der Waals surface area contributed by atoms with E-state index in [9.17, 15) is 23.1 Å². The van der Waals surface area contributed by atoms with Crippen molar-refractivity contribution in [2.45, 2.75) is 25.7 Å². The molecular weight excluding hydrogens is 371 g/mol. The summed E-state index contributed by atoms with van der Waals surface area (Å²) in [5, 5.41) is 11.0. The van der Waals surface area contributed by atoms with Crippen molar-refractivity contribution in [3.05, 3.63) is 82.9 Å². The van der Waals surface area contributed by atoms with E-state index in [1.54, 1.807) is 48.4 Å². The molecule has 0 spiro atoms. The SMILES string of the molecule is C/C=C/C1C(C=O)=C(c2ccc(C(F)(F)F)cc2)ON1Cc1ccc(O)cc1. The molecule has 3 rings (SSSR count). The number of hydroxylamine groups is 2. The Bertz CT molecular complexity index is 900. The van der Waals surface area contributed by atoms with Gasteiger partial charge in [-0.05, 0) is 36.8 Å². The highest BCUT2D eigenvalue weighted by molar-refractivity contribution is 5.89. The highest BCUT2D eigenvalue weighted by atomic mass is 19.4. The molecule has 0 bridgehead atoms. The summed E-state index contributed by atoms with van der Waals surface area (Å²) in [6.45, 7) is 2.12. The average Bonchev–Trinajstić information content (AvgIpc) is 3.00. The van der Waals surface area contributed by atoms with Crippen LogP contribution in [-0.4, -0.2) is 22.5 Å². The molecule has 0 fully saturated rings. The Kier molecular flexibility index (Phi) is 5.56. The first kappa shape index (κ1) is 19.7. The van der Waals surface area contributed by atoms with Crippen LogP contribution in [0.25, 0.3) is 5.76 Å². The number of allylic oxidation sites excluding steroid dienone is 1. The lowest BCUT2D eigenvalue weighted by atomic mass is 10.0. The lowest BCUT2D eigenvalue weighted by Crippen LogP contribution is -2.29. The zero-order valence-corrected chi connectivity index (χ0v) is 15.0. The standard InChI is InChI=1S/C21H18F3NO3/c1-2-3-19-18(13-26)20(15-6-8-16(9-7-15)21(22,23)24)28-25(19)12-14-4-10-17(27)11-5-14/h2-11,13,19,27H,12H2,1H3/b3-2+. The second kappa shape index (κ2) is 7.90. The maximum Gasteiger partial charge on any atom is 0.416 e. The molecule has 0 aliphatic carbocycles. The Morgan fingerprint density at radius 1 is 1.11 bits per heavy atom. The Labute approximate surface area is 160 Å². The number of hydrogen-bond donors (Lipinski definition) is 1. The molecule has 28 heavy (non-hydrogen) atoms. The molecule has 1 heterocycles. The first-order valence-electron chi connectivity index (χ1n) is 8.56. The van der Waals surface area contributed by atoms with Gasteiger partial charge in [0.1, 0.15) is 5.75 Å². The predicted molar refractivity (Wildman–Crippen MR) is 97.8 cm³/mol. The van der Waals surface area contributed by atoms with Gasteiger partial charge < -0.3 is 9.94 Å². The van der Waals surface area contributed by atoms with Crippen molar-refractivity contribution in [1.82, 2.24) is 5.06 Å². The molecule has 1 aliphatic rings. The van der Waals surface area contributed by atoms with Crippen LogP contribution in [-0.2, 0) is 22.4 Å². The third-order valence-corrected chi connectivity index (χ3v) is 4.35. The van der Waals surface area contributed by atoms with E-state index in [0.717, 1.165) is 17.7 Å². The average molecular weight is 389 g/mol. The van der Waals surface area contributed by atoms with Crippen molar-refractivity contribution < 1.29 is 27.9 Å². The maximum absolute atomic E-state index is 12.8. The van der Waals surface area contributed by atoms with Gasteiger partial charge in [0.05, 0.1) is 23.7 Å². The Balaban J connectivity index is 1.92. The van der Waals surface area contributed by atoms with Crippen molar-refractivity contribution in [3.63, 3.8) is 0 Å². The number of halogens is 3. The van der Waals surface area contributed by atoms with E-state index in [1.165, 1.54) is 12.1 Å². The van der Waals surface area contributed by atoms with Crippen LogP contribution in [0, 0.1) is 0 Å². The molecule has 0 amide bonds. The summed E-state index contributed by atoms with van der Waals surface area (Å²) in [4.78, 5) is 17.6. The number of rotatable bonds is 5. The molecule has 0 saturated carbocycles. The largest absolute Gasteiger partial charge is 0.508 e. The van der Waals surface area contributed by atoms with Crippen molar-refractivity contribution >= 4 is 12.0 Å². The van der Waals surface area contributed by atoms with Gasteiger partial charge in [-0.25, -0.2) is 0 Å². The van der Waals surface area contributed by atoms with Crippen LogP contribution in [0.3, 0.4) is 0 Å². The van der Waals surface area contributed by atoms with Gasteiger partial charge in [-0.3, -0.25) is 4.79 Å². The third kappa shape index (κ3) is 4.09. The zero-order valence-electron chi connectivity index (χ0n) is 15.0. The summed E-state index contributed by atoms with van der Waals surface area (Å²) < 4.78 is 38.4. The van der Waals surface area contributed by atoms with Crippen molar-refractivity contribution in [2.24, 2.45) is 0 Å². The topological polar surface area (TPSA) is 49.8 Å². The zero-order chi connectivity index (χ0) is 20.3. The lowest BCUT2D eigenvalue weighted by Gasteiger charge is -2.21. The van der Waals surface area contributed by atoms with Gasteiger partial charge in [0, 0.05) is 5.56 Å². The summed E-state index contributed by atoms with van der Waals surface area (Å²) in [6.07, 6.45) is -0.220. The fourth-order valence-corrected chi connectivity index (χ4v) is 2.96. The van der Waals surface area contributed by atoms with Crippen LogP contribution in [0.15, 0.2) is 66.3 Å². The van der Waals surface area contributed by atoms with Crippen molar-refractivity contribution in [3.8, 4) is 5.75 Å². The van der Waals surface area contributed by atoms with Gasteiger partial charge in [-0.1, -0.05) is 36.4 Å².